The minimum atomic E-state index is -0.884. The summed E-state index contributed by atoms with van der Waals surface area (Å²) < 4.78 is 24.2. The molecule has 1 atom stereocenters. The predicted octanol–water partition coefficient (Wildman–Crippen LogP) is 3.05. The van der Waals surface area contributed by atoms with Gasteiger partial charge in [0.15, 0.2) is 17.6 Å². The van der Waals surface area contributed by atoms with Gasteiger partial charge in [-0.1, -0.05) is 12.1 Å². The molecule has 0 spiro atoms. The maximum Gasteiger partial charge on any atom is 0.265 e. The molecule has 6 heteroatoms. The number of amides is 1. The lowest BCUT2D eigenvalue weighted by atomic mass is 10.2. The first-order valence-electron chi connectivity index (χ1n) is 6.90. The molecule has 0 heterocycles. The number of halogens is 1. The lowest BCUT2D eigenvalue weighted by Crippen LogP contribution is -2.30. The summed E-state index contributed by atoms with van der Waals surface area (Å²) in [4.78, 5) is 22.8. The van der Waals surface area contributed by atoms with Crippen molar-refractivity contribution in [1.82, 2.24) is 0 Å². The molecular formula is C17H16FNO4. The van der Waals surface area contributed by atoms with Crippen molar-refractivity contribution in [3.8, 4) is 11.5 Å². The monoisotopic (exact) mass is 317 g/mol. The average molecular weight is 317 g/mol. The number of methoxy groups -OCH3 is 1. The van der Waals surface area contributed by atoms with Crippen LogP contribution in [0.25, 0.3) is 0 Å². The van der Waals surface area contributed by atoms with Crippen LogP contribution < -0.4 is 14.8 Å². The van der Waals surface area contributed by atoms with E-state index in [-0.39, 0.29) is 5.69 Å². The lowest BCUT2D eigenvalue weighted by Gasteiger charge is -2.17. The van der Waals surface area contributed by atoms with Gasteiger partial charge in [0, 0.05) is 5.56 Å². The molecule has 120 valence electrons. The zero-order valence-electron chi connectivity index (χ0n) is 12.7. The number of anilines is 1. The fourth-order valence-electron chi connectivity index (χ4n) is 1.90. The summed E-state index contributed by atoms with van der Waals surface area (Å²) in [5, 5.41) is 2.45. The largest absolute Gasteiger partial charge is 0.493 e. The molecule has 0 unspecified atom stereocenters. The summed E-state index contributed by atoms with van der Waals surface area (Å²) in [6, 6.07) is 10.4. The number of hydrogen-bond acceptors (Lipinski definition) is 4. The normalized spacial score (nSPS) is 11.4. The highest BCUT2D eigenvalue weighted by Gasteiger charge is 2.18. The van der Waals surface area contributed by atoms with E-state index in [1.165, 1.54) is 44.4 Å². The van der Waals surface area contributed by atoms with Gasteiger partial charge in [-0.25, -0.2) is 4.39 Å². The molecular weight excluding hydrogens is 301 g/mol. The zero-order valence-corrected chi connectivity index (χ0v) is 12.7. The molecule has 23 heavy (non-hydrogen) atoms. The minimum Gasteiger partial charge on any atom is -0.493 e. The van der Waals surface area contributed by atoms with Crippen molar-refractivity contribution in [3.05, 3.63) is 53.8 Å². The highest BCUT2D eigenvalue weighted by molar-refractivity contribution is 5.94. The molecule has 0 saturated carbocycles. The van der Waals surface area contributed by atoms with Crippen LogP contribution in [0.3, 0.4) is 0 Å². The second-order valence-electron chi connectivity index (χ2n) is 4.76. The van der Waals surface area contributed by atoms with Crippen molar-refractivity contribution < 1.29 is 23.5 Å². The number of benzene rings is 2. The second kappa shape index (κ2) is 7.40. The third-order valence-corrected chi connectivity index (χ3v) is 3.13. The summed E-state index contributed by atoms with van der Waals surface area (Å²) in [5.41, 5.74) is 0.508. The topological polar surface area (TPSA) is 64.6 Å². The van der Waals surface area contributed by atoms with Gasteiger partial charge in [0.05, 0.1) is 12.8 Å². The Labute approximate surface area is 133 Å². The van der Waals surface area contributed by atoms with Crippen LogP contribution in [-0.2, 0) is 4.79 Å². The van der Waals surface area contributed by atoms with Crippen LogP contribution in [0.4, 0.5) is 10.1 Å². The predicted molar refractivity (Wildman–Crippen MR) is 83.5 cm³/mol. The second-order valence-corrected chi connectivity index (χ2v) is 4.76. The van der Waals surface area contributed by atoms with Gasteiger partial charge in [0.25, 0.3) is 5.91 Å². The van der Waals surface area contributed by atoms with Crippen LogP contribution in [0.2, 0.25) is 0 Å². The van der Waals surface area contributed by atoms with E-state index in [2.05, 4.69) is 5.32 Å². The number of ether oxygens (including phenoxy) is 2. The smallest absolute Gasteiger partial charge is 0.265 e. The molecule has 2 rings (SSSR count). The summed E-state index contributed by atoms with van der Waals surface area (Å²) in [6.45, 7) is 1.53. The fraction of sp³-hybridized carbons (Fsp3) is 0.176. The van der Waals surface area contributed by atoms with E-state index in [9.17, 15) is 14.0 Å². The van der Waals surface area contributed by atoms with E-state index < -0.39 is 17.8 Å². The van der Waals surface area contributed by atoms with E-state index in [1.54, 1.807) is 12.1 Å². The molecule has 0 bridgehead atoms. The van der Waals surface area contributed by atoms with Crippen LogP contribution in [0, 0.1) is 5.82 Å². The Bertz CT molecular complexity index is 717. The summed E-state index contributed by atoms with van der Waals surface area (Å²) >= 11 is 0. The quantitative estimate of drug-likeness (QED) is 0.832. The van der Waals surface area contributed by atoms with Gasteiger partial charge < -0.3 is 14.8 Å². The summed E-state index contributed by atoms with van der Waals surface area (Å²) in [7, 11) is 1.43. The van der Waals surface area contributed by atoms with Crippen LogP contribution in [0.1, 0.15) is 17.3 Å². The van der Waals surface area contributed by atoms with E-state index in [1.807, 2.05) is 0 Å². The van der Waals surface area contributed by atoms with E-state index in [4.69, 9.17) is 9.47 Å². The zero-order chi connectivity index (χ0) is 16.8. The van der Waals surface area contributed by atoms with Gasteiger partial charge in [-0.3, -0.25) is 9.59 Å². The molecule has 0 aliphatic rings. The Kier molecular flexibility index (Phi) is 5.30. The Morgan fingerprint density at radius 1 is 1.22 bits per heavy atom. The highest BCUT2D eigenvalue weighted by Crippen LogP contribution is 2.28. The van der Waals surface area contributed by atoms with Crippen molar-refractivity contribution in [1.29, 1.82) is 0 Å². The fourth-order valence-corrected chi connectivity index (χ4v) is 1.90. The number of hydrogen-bond donors (Lipinski definition) is 1. The molecule has 0 aliphatic carbocycles. The van der Waals surface area contributed by atoms with Crippen molar-refractivity contribution in [3.63, 3.8) is 0 Å². The number of aldehydes is 1. The van der Waals surface area contributed by atoms with Gasteiger partial charge in [-0.2, -0.15) is 0 Å². The maximum absolute atomic E-state index is 13.5. The SMILES string of the molecule is COc1cc(C=O)ccc1O[C@H](C)C(=O)Nc1ccccc1F. The third kappa shape index (κ3) is 4.06. The van der Waals surface area contributed by atoms with Gasteiger partial charge in [0.1, 0.15) is 12.1 Å². The first-order valence-corrected chi connectivity index (χ1v) is 6.90. The van der Waals surface area contributed by atoms with Gasteiger partial charge in [0.2, 0.25) is 0 Å². The molecule has 0 saturated heterocycles. The van der Waals surface area contributed by atoms with Gasteiger partial charge in [-0.05, 0) is 37.3 Å². The lowest BCUT2D eigenvalue weighted by molar-refractivity contribution is -0.122. The Morgan fingerprint density at radius 2 is 1.96 bits per heavy atom. The number of para-hydroxylation sites is 1. The van der Waals surface area contributed by atoms with E-state index in [0.29, 0.717) is 23.3 Å². The number of rotatable bonds is 6. The van der Waals surface area contributed by atoms with E-state index in [0.717, 1.165) is 0 Å². The molecule has 0 aliphatic heterocycles. The van der Waals surface area contributed by atoms with Gasteiger partial charge in [-0.15, -0.1) is 0 Å². The Hall–Kier alpha value is -2.89. The molecule has 0 fully saturated rings. The van der Waals surface area contributed by atoms with Crippen molar-refractivity contribution in [2.24, 2.45) is 0 Å². The van der Waals surface area contributed by atoms with E-state index >= 15 is 0 Å². The molecule has 2 aromatic rings. The Morgan fingerprint density at radius 3 is 2.61 bits per heavy atom. The van der Waals surface area contributed by atoms with Crippen LogP contribution in [-0.4, -0.2) is 25.4 Å². The molecule has 0 radical (unpaired) electrons. The van der Waals surface area contributed by atoms with Crippen LogP contribution >= 0.6 is 0 Å². The third-order valence-electron chi connectivity index (χ3n) is 3.13. The molecule has 5 nitrogen and oxygen atoms in total. The van der Waals surface area contributed by atoms with Crippen LogP contribution in [0.15, 0.2) is 42.5 Å². The highest BCUT2D eigenvalue weighted by atomic mass is 19.1. The van der Waals surface area contributed by atoms with Crippen LogP contribution in [0.5, 0.6) is 11.5 Å². The molecule has 0 aromatic heterocycles. The molecule has 2 aromatic carbocycles. The number of carbonyl (C=O) groups excluding carboxylic acids is 2. The average Bonchev–Trinajstić information content (AvgIpc) is 2.57. The van der Waals surface area contributed by atoms with Crippen molar-refractivity contribution in [2.75, 3.05) is 12.4 Å². The van der Waals surface area contributed by atoms with Crippen molar-refractivity contribution >= 4 is 17.9 Å². The van der Waals surface area contributed by atoms with Crippen molar-refractivity contribution in [2.45, 2.75) is 13.0 Å². The summed E-state index contributed by atoms with van der Waals surface area (Å²) in [6.07, 6.45) is -0.203. The molecule has 1 amide bonds. The minimum absolute atomic E-state index is 0.0798. The standard InChI is InChI=1S/C17H16FNO4/c1-11(17(21)19-14-6-4-3-5-13(14)18)23-15-8-7-12(10-20)9-16(15)22-2/h3-11H,1-2H3,(H,19,21)/t11-/m1/s1. The first kappa shape index (κ1) is 16.5. The van der Waals surface area contributed by atoms with Gasteiger partial charge >= 0.3 is 0 Å². The maximum atomic E-state index is 13.5. The number of carbonyl (C=O) groups is 2. The number of nitrogens with one attached hydrogen (secondary N) is 1. The molecule has 1 N–H and O–H groups in total. The first-order chi connectivity index (χ1) is 11.0. The Balaban J connectivity index is 2.09. The summed E-state index contributed by atoms with van der Waals surface area (Å²) in [5.74, 6) is -0.382.